The number of imidazole rings is 1. The molecule has 4 rings (SSSR count). The lowest BCUT2D eigenvalue weighted by atomic mass is 10.0. The molecule has 0 bridgehead atoms. The molecule has 0 aliphatic rings. The number of fused-ring (bicyclic) bond motifs is 1. The third-order valence-corrected chi connectivity index (χ3v) is 4.69. The summed E-state index contributed by atoms with van der Waals surface area (Å²) in [7, 11) is 0. The van der Waals surface area contributed by atoms with Crippen LogP contribution in [0.5, 0.6) is 0 Å². The summed E-state index contributed by atoms with van der Waals surface area (Å²) < 4.78 is 2.00. The molecule has 4 nitrogen and oxygen atoms in total. The van der Waals surface area contributed by atoms with Gasteiger partial charge in [0.25, 0.3) is 0 Å². The smallest absolute Gasteiger partial charge is 0.187 e. The predicted molar refractivity (Wildman–Crippen MR) is 110 cm³/mol. The quantitative estimate of drug-likeness (QED) is 0.380. The van der Waals surface area contributed by atoms with E-state index in [2.05, 4.69) is 68.3 Å². The fourth-order valence-electron chi connectivity index (χ4n) is 3.21. The first-order chi connectivity index (χ1) is 13.0. The van der Waals surface area contributed by atoms with Crippen LogP contribution in [-0.2, 0) is 0 Å². The van der Waals surface area contributed by atoms with E-state index in [0.717, 1.165) is 28.4 Å². The lowest BCUT2D eigenvalue weighted by molar-refractivity contribution is 1.10. The molecular weight excluding hydrogens is 332 g/mol. The molecule has 4 aromatic rings. The Morgan fingerprint density at radius 2 is 1.44 bits per heavy atom. The van der Waals surface area contributed by atoms with Crippen LogP contribution in [0, 0.1) is 27.7 Å². The summed E-state index contributed by atoms with van der Waals surface area (Å²) in [5.74, 6) is 0.748. The minimum atomic E-state index is 0.748. The SMILES string of the molecule is Cc1ccc(N=Nc2c(-c3ccc(C)cc3C)nc3cc(C)ccn23)cc1. The number of hydrogen-bond acceptors (Lipinski definition) is 3. The fourth-order valence-corrected chi connectivity index (χ4v) is 3.21. The zero-order valence-electron chi connectivity index (χ0n) is 16.1. The second-order valence-electron chi connectivity index (χ2n) is 7.07. The minimum Gasteiger partial charge on any atom is -0.283 e. The van der Waals surface area contributed by atoms with Crippen molar-refractivity contribution in [3.63, 3.8) is 0 Å². The molecule has 4 heteroatoms. The van der Waals surface area contributed by atoms with E-state index < -0.39 is 0 Å². The summed E-state index contributed by atoms with van der Waals surface area (Å²) in [6, 6.07) is 18.6. The van der Waals surface area contributed by atoms with Crippen molar-refractivity contribution in [2.75, 3.05) is 0 Å². The predicted octanol–water partition coefficient (Wildman–Crippen LogP) is 6.65. The molecule has 0 aliphatic heterocycles. The van der Waals surface area contributed by atoms with Gasteiger partial charge in [-0.25, -0.2) is 4.98 Å². The normalized spacial score (nSPS) is 11.6. The Hall–Kier alpha value is -3.27. The number of benzene rings is 2. The van der Waals surface area contributed by atoms with Crippen molar-refractivity contribution >= 4 is 17.2 Å². The van der Waals surface area contributed by atoms with E-state index in [-0.39, 0.29) is 0 Å². The summed E-state index contributed by atoms with van der Waals surface area (Å²) in [6.07, 6.45) is 2.01. The number of rotatable bonds is 3. The molecule has 0 saturated heterocycles. The Morgan fingerprint density at radius 1 is 0.741 bits per heavy atom. The first kappa shape index (κ1) is 17.2. The molecular formula is C23H22N4. The Morgan fingerprint density at radius 3 is 2.19 bits per heavy atom. The van der Waals surface area contributed by atoms with Crippen molar-refractivity contribution in [1.29, 1.82) is 0 Å². The second kappa shape index (κ2) is 6.80. The van der Waals surface area contributed by atoms with Gasteiger partial charge in [0, 0.05) is 11.8 Å². The molecule has 0 aliphatic carbocycles. The van der Waals surface area contributed by atoms with Crippen LogP contribution in [0.25, 0.3) is 16.9 Å². The average molecular weight is 354 g/mol. The lowest BCUT2D eigenvalue weighted by Crippen LogP contribution is -1.86. The standard InChI is InChI=1S/C23H22N4/c1-15-5-8-19(9-6-15)25-26-23-22(20-10-7-16(2)13-18(20)4)24-21-14-17(3)11-12-27(21)23/h5-14H,1-4H3. The van der Waals surface area contributed by atoms with Gasteiger partial charge in [0.2, 0.25) is 0 Å². The van der Waals surface area contributed by atoms with Gasteiger partial charge in [-0.1, -0.05) is 41.5 Å². The van der Waals surface area contributed by atoms with Crippen LogP contribution >= 0.6 is 0 Å². The molecule has 0 amide bonds. The highest BCUT2D eigenvalue weighted by molar-refractivity contribution is 5.77. The maximum absolute atomic E-state index is 4.87. The van der Waals surface area contributed by atoms with Crippen LogP contribution in [0.4, 0.5) is 11.5 Å². The van der Waals surface area contributed by atoms with E-state index in [4.69, 9.17) is 4.98 Å². The number of pyridine rings is 1. The maximum atomic E-state index is 4.87. The van der Waals surface area contributed by atoms with Crippen LogP contribution in [0.15, 0.2) is 71.0 Å². The molecule has 2 aromatic carbocycles. The number of aromatic nitrogens is 2. The van der Waals surface area contributed by atoms with Gasteiger partial charge in [-0.05, 0) is 63.1 Å². The molecule has 0 fully saturated rings. The van der Waals surface area contributed by atoms with Gasteiger partial charge >= 0.3 is 0 Å². The highest BCUT2D eigenvalue weighted by Gasteiger charge is 2.16. The zero-order valence-corrected chi connectivity index (χ0v) is 16.1. The maximum Gasteiger partial charge on any atom is 0.187 e. The first-order valence-corrected chi connectivity index (χ1v) is 9.06. The zero-order chi connectivity index (χ0) is 19.0. The number of aryl methyl sites for hydroxylation is 4. The minimum absolute atomic E-state index is 0.748. The van der Waals surface area contributed by atoms with Crippen LogP contribution in [0.3, 0.4) is 0 Å². The molecule has 0 radical (unpaired) electrons. The van der Waals surface area contributed by atoms with Crippen molar-refractivity contribution in [2.45, 2.75) is 27.7 Å². The van der Waals surface area contributed by atoms with Gasteiger partial charge in [0.15, 0.2) is 5.82 Å². The molecule has 2 heterocycles. The van der Waals surface area contributed by atoms with Gasteiger partial charge in [0.05, 0.1) is 5.69 Å². The molecule has 27 heavy (non-hydrogen) atoms. The summed E-state index contributed by atoms with van der Waals surface area (Å²) in [5, 5.41) is 9.05. The van der Waals surface area contributed by atoms with Gasteiger partial charge in [-0.2, -0.15) is 0 Å². The lowest BCUT2D eigenvalue weighted by Gasteiger charge is -2.05. The average Bonchev–Trinajstić information content (AvgIpc) is 2.98. The largest absolute Gasteiger partial charge is 0.283 e. The van der Waals surface area contributed by atoms with Crippen LogP contribution < -0.4 is 0 Å². The van der Waals surface area contributed by atoms with Crippen molar-refractivity contribution in [3.05, 3.63) is 83.0 Å². The third kappa shape index (κ3) is 3.38. The van der Waals surface area contributed by atoms with Crippen molar-refractivity contribution in [3.8, 4) is 11.3 Å². The second-order valence-corrected chi connectivity index (χ2v) is 7.07. The number of hydrogen-bond donors (Lipinski definition) is 0. The van der Waals surface area contributed by atoms with Crippen molar-refractivity contribution in [1.82, 2.24) is 9.38 Å². The van der Waals surface area contributed by atoms with Crippen molar-refractivity contribution in [2.24, 2.45) is 10.2 Å². The summed E-state index contributed by atoms with van der Waals surface area (Å²) in [4.78, 5) is 4.87. The monoisotopic (exact) mass is 354 g/mol. The van der Waals surface area contributed by atoms with Crippen LogP contribution in [-0.4, -0.2) is 9.38 Å². The van der Waals surface area contributed by atoms with Gasteiger partial charge in [-0.15, -0.1) is 10.2 Å². The van der Waals surface area contributed by atoms with Crippen LogP contribution in [0.1, 0.15) is 22.3 Å². The number of azo groups is 1. The molecule has 0 spiro atoms. The summed E-state index contributed by atoms with van der Waals surface area (Å²) >= 11 is 0. The fraction of sp³-hybridized carbons (Fsp3) is 0.174. The summed E-state index contributed by atoms with van der Waals surface area (Å²) in [6.45, 7) is 8.34. The van der Waals surface area contributed by atoms with Crippen molar-refractivity contribution < 1.29 is 0 Å². The molecule has 0 unspecified atom stereocenters. The third-order valence-electron chi connectivity index (χ3n) is 4.69. The van der Waals surface area contributed by atoms with Gasteiger partial charge in [0.1, 0.15) is 11.3 Å². The first-order valence-electron chi connectivity index (χ1n) is 9.06. The molecule has 134 valence electrons. The molecule has 0 N–H and O–H groups in total. The molecule has 2 aromatic heterocycles. The van der Waals surface area contributed by atoms with E-state index in [1.807, 2.05) is 34.9 Å². The highest BCUT2D eigenvalue weighted by Crippen LogP contribution is 2.34. The highest BCUT2D eigenvalue weighted by atomic mass is 15.2. The molecule has 0 saturated carbocycles. The Balaban J connectivity index is 1.90. The topological polar surface area (TPSA) is 42.0 Å². The summed E-state index contributed by atoms with van der Waals surface area (Å²) in [5.41, 5.74) is 8.43. The van der Waals surface area contributed by atoms with E-state index in [9.17, 15) is 0 Å². The molecule has 0 atom stereocenters. The Labute approximate surface area is 159 Å². The number of nitrogens with zero attached hydrogens (tertiary/aromatic N) is 4. The van der Waals surface area contributed by atoms with Gasteiger partial charge in [-0.3, -0.25) is 4.40 Å². The van der Waals surface area contributed by atoms with Gasteiger partial charge < -0.3 is 0 Å². The van der Waals surface area contributed by atoms with Crippen LogP contribution in [0.2, 0.25) is 0 Å². The van der Waals surface area contributed by atoms with E-state index in [1.165, 1.54) is 22.3 Å². The van der Waals surface area contributed by atoms with E-state index in [1.54, 1.807) is 0 Å². The Kier molecular flexibility index (Phi) is 4.32. The Bertz CT molecular complexity index is 1150. The van der Waals surface area contributed by atoms with E-state index in [0.29, 0.717) is 0 Å². The van der Waals surface area contributed by atoms with E-state index >= 15 is 0 Å².